The molecule has 1 fully saturated rings. The number of pyridine rings is 1. The van der Waals surface area contributed by atoms with E-state index in [1.54, 1.807) is 53.6 Å². The van der Waals surface area contributed by atoms with Gasteiger partial charge in [0.15, 0.2) is 0 Å². The summed E-state index contributed by atoms with van der Waals surface area (Å²) in [4.78, 5) is 23.2. The van der Waals surface area contributed by atoms with E-state index < -0.39 is 24.1 Å². The fourth-order valence-electron chi connectivity index (χ4n) is 3.61. The molecule has 2 atom stereocenters. The Hall–Kier alpha value is -3.83. The van der Waals surface area contributed by atoms with Gasteiger partial charge in [-0.05, 0) is 30.3 Å². The smallest absolute Gasteiger partial charge is 0.414 e. The van der Waals surface area contributed by atoms with Crippen molar-refractivity contribution in [3.05, 3.63) is 66.5 Å². The molecule has 2 N–H and O–H groups in total. The van der Waals surface area contributed by atoms with Crippen LogP contribution in [0.1, 0.15) is 5.69 Å². The van der Waals surface area contributed by atoms with Crippen molar-refractivity contribution in [1.29, 1.82) is 0 Å². The maximum absolute atomic E-state index is 14.9. The van der Waals surface area contributed by atoms with E-state index >= 15 is 0 Å². The third kappa shape index (κ3) is 3.90. The molecule has 0 saturated carbocycles. The lowest BCUT2D eigenvalue weighted by Gasteiger charge is -2.14. The molecule has 0 radical (unpaired) electrons. The number of halogens is 1. The van der Waals surface area contributed by atoms with Crippen LogP contribution in [0.15, 0.2) is 55.0 Å². The van der Waals surface area contributed by atoms with Crippen LogP contribution in [0, 0.1) is 5.82 Å². The average Bonchev–Trinajstić information content (AvgIpc) is 3.56. The predicted molar refractivity (Wildman–Crippen MR) is 110 cm³/mol. The molecule has 2 aliphatic heterocycles. The Morgan fingerprint density at radius 1 is 1.28 bits per heavy atom. The Balaban J connectivity index is 1.31. The number of aliphatic hydroxyl groups is 1. The van der Waals surface area contributed by atoms with Gasteiger partial charge in [0.1, 0.15) is 18.0 Å². The van der Waals surface area contributed by atoms with Crippen molar-refractivity contribution in [2.75, 3.05) is 18.1 Å². The van der Waals surface area contributed by atoms with E-state index in [4.69, 9.17) is 14.7 Å². The number of cyclic esters (lactones) is 1. The Morgan fingerprint density at radius 2 is 2.19 bits per heavy atom. The third-order valence-electron chi connectivity index (χ3n) is 5.20. The van der Waals surface area contributed by atoms with Crippen molar-refractivity contribution in [2.24, 2.45) is 0 Å². The molecular formula is C21H19FN6O4. The summed E-state index contributed by atoms with van der Waals surface area (Å²) in [6.07, 6.45) is 5.14. The first kappa shape index (κ1) is 20.1. The van der Waals surface area contributed by atoms with Crippen LogP contribution in [0.2, 0.25) is 0 Å². The van der Waals surface area contributed by atoms with Gasteiger partial charge in [0.05, 0.1) is 43.0 Å². The molecule has 32 heavy (non-hydrogen) atoms. The molecule has 10 nitrogen and oxygen atoms in total. The summed E-state index contributed by atoms with van der Waals surface area (Å²) >= 11 is 0. The molecular weight excluding hydrogens is 419 g/mol. The quantitative estimate of drug-likeness (QED) is 0.598. The van der Waals surface area contributed by atoms with Crippen LogP contribution in [0.4, 0.5) is 14.9 Å². The molecule has 164 valence electrons. The summed E-state index contributed by atoms with van der Waals surface area (Å²) in [6, 6.07) is 8.07. The first-order valence-corrected chi connectivity index (χ1v) is 9.93. The van der Waals surface area contributed by atoms with Crippen molar-refractivity contribution >= 4 is 17.5 Å². The highest BCUT2D eigenvalue weighted by Crippen LogP contribution is 2.29. The van der Waals surface area contributed by atoms with E-state index in [1.165, 1.54) is 11.0 Å². The molecule has 2 aliphatic rings. The first-order chi connectivity index (χ1) is 15.6. The molecule has 0 unspecified atom stereocenters. The number of hydroxylamine groups is 1. The fraction of sp³-hybridized carbons (Fsp3) is 0.238. The molecule has 2 aromatic heterocycles. The van der Waals surface area contributed by atoms with E-state index in [0.717, 1.165) is 0 Å². The van der Waals surface area contributed by atoms with Crippen molar-refractivity contribution in [2.45, 2.75) is 18.8 Å². The zero-order valence-electron chi connectivity index (χ0n) is 16.8. The largest absolute Gasteiger partial charge is 0.442 e. The number of carbonyl (C=O) groups excluding carboxylic acids is 1. The van der Waals surface area contributed by atoms with Gasteiger partial charge in [0.2, 0.25) is 0 Å². The Morgan fingerprint density at radius 3 is 2.88 bits per heavy atom. The number of benzene rings is 1. The lowest BCUT2D eigenvalue weighted by Crippen LogP contribution is -2.26. The van der Waals surface area contributed by atoms with Crippen LogP contribution in [0.3, 0.4) is 0 Å². The van der Waals surface area contributed by atoms with Crippen molar-refractivity contribution in [3.63, 3.8) is 0 Å². The second-order valence-corrected chi connectivity index (χ2v) is 7.36. The third-order valence-corrected chi connectivity index (χ3v) is 5.20. The minimum absolute atomic E-state index is 0.141. The molecule has 4 heterocycles. The van der Waals surface area contributed by atoms with E-state index in [1.807, 2.05) is 0 Å². The molecule has 1 aromatic carbocycles. The number of amides is 1. The number of ether oxygens (including phenoxy) is 1. The molecule has 1 saturated heterocycles. The summed E-state index contributed by atoms with van der Waals surface area (Å²) in [7, 11) is 0. The number of nitrogens with one attached hydrogen (secondary N) is 1. The number of hydrogen-bond acceptors (Lipinski definition) is 8. The van der Waals surface area contributed by atoms with Gasteiger partial charge in [0, 0.05) is 23.5 Å². The Labute approximate surface area is 181 Å². The second-order valence-electron chi connectivity index (χ2n) is 7.36. The van der Waals surface area contributed by atoms with Crippen LogP contribution in [0.5, 0.6) is 0 Å². The number of rotatable bonds is 6. The van der Waals surface area contributed by atoms with Crippen LogP contribution < -0.4 is 10.4 Å². The normalized spacial score (nSPS) is 20.2. The lowest BCUT2D eigenvalue weighted by atomic mass is 10.1. The van der Waals surface area contributed by atoms with Gasteiger partial charge in [0.25, 0.3) is 0 Å². The maximum atomic E-state index is 14.9. The maximum Gasteiger partial charge on any atom is 0.414 e. The highest BCUT2D eigenvalue weighted by molar-refractivity contribution is 5.90. The standard InChI is InChI=1S/C21H19FN6O4/c22-18-7-14(28-11-16(31-21(28)30)10-27-6-5-24-26-27)2-3-17(18)13-1-4-19(23-9-13)20-8-15(12-29)32-25-20/h1-9,15-16,25,29H,10-12H2/t15-,16-/m0/s1. The summed E-state index contributed by atoms with van der Waals surface area (Å²) in [5.74, 6) is -0.480. The van der Waals surface area contributed by atoms with Crippen LogP contribution in [-0.4, -0.2) is 56.5 Å². The highest BCUT2D eigenvalue weighted by atomic mass is 19.1. The van der Waals surface area contributed by atoms with Crippen LogP contribution >= 0.6 is 0 Å². The average molecular weight is 438 g/mol. The van der Waals surface area contributed by atoms with E-state index in [2.05, 4.69) is 20.8 Å². The van der Waals surface area contributed by atoms with Gasteiger partial charge in [-0.3, -0.25) is 20.2 Å². The van der Waals surface area contributed by atoms with E-state index in [0.29, 0.717) is 34.8 Å². The number of carbonyl (C=O) groups is 1. The Bertz CT molecular complexity index is 1150. The topological polar surface area (TPSA) is 115 Å². The van der Waals surface area contributed by atoms with Crippen molar-refractivity contribution in [3.8, 4) is 11.1 Å². The molecule has 0 spiro atoms. The summed E-state index contributed by atoms with van der Waals surface area (Å²) in [6.45, 7) is 0.515. The zero-order valence-corrected chi connectivity index (χ0v) is 16.8. The lowest BCUT2D eigenvalue weighted by molar-refractivity contribution is 0.0172. The monoisotopic (exact) mass is 438 g/mol. The van der Waals surface area contributed by atoms with Gasteiger partial charge >= 0.3 is 6.09 Å². The highest BCUT2D eigenvalue weighted by Gasteiger charge is 2.33. The van der Waals surface area contributed by atoms with Crippen molar-refractivity contribution < 1.29 is 23.9 Å². The molecule has 0 bridgehead atoms. The predicted octanol–water partition coefficient (Wildman–Crippen LogP) is 1.74. The molecule has 0 aliphatic carbocycles. The molecule has 1 amide bonds. The zero-order chi connectivity index (χ0) is 22.1. The number of aliphatic hydroxyl groups excluding tert-OH is 1. The first-order valence-electron chi connectivity index (χ1n) is 9.93. The van der Waals surface area contributed by atoms with Gasteiger partial charge in [-0.2, -0.15) is 0 Å². The van der Waals surface area contributed by atoms with E-state index in [-0.39, 0.29) is 13.2 Å². The van der Waals surface area contributed by atoms with Gasteiger partial charge in [-0.25, -0.2) is 13.9 Å². The van der Waals surface area contributed by atoms with Gasteiger partial charge < -0.3 is 9.84 Å². The van der Waals surface area contributed by atoms with E-state index in [9.17, 15) is 9.18 Å². The van der Waals surface area contributed by atoms with Crippen LogP contribution in [-0.2, 0) is 16.1 Å². The van der Waals surface area contributed by atoms with Crippen molar-refractivity contribution in [1.82, 2.24) is 25.5 Å². The minimum Gasteiger partial charge on any atom is -0.442 e. The number of aromatic nitrogens is 4. The SMILES string of the molecule is O=C1O[C@@H](Cn2ccnn2)CN1c1ccc(-c2ccc(C3=C[C@@H](CO)ON3)nc2)c(F)c1. The minimum atomic E-state index is -0.533. The Kier molecular flexibility index (Phi) is 5.25. The molecule has 3 aromatic rings. The van der Waals surface area contributed by atoms with Gasteiger partial charge in [-0.1, -0.05) is 11.3 Å². The number of anilines is 1. The number of nitrogens with zero attached hydrogens (tertiary/aromatic N) is 5. The fourth-order valence-corrected chi connectivity index (χ4v) is 3.61. The van der Waals surface area contributed by atoms with Gasteiger partial charge in [-0.15, -0.1) is 5.10 Å². The van der Waals surface area contributed by atoms with Crippen LogP contribution in [0.25, 0.3) is 16.8 Å². The summed E-state index contributed by atoms with van der Waals surface area (Å²) < 4.78 is 21.9. The summed E-state index contributed by atoms with van der Waals surface area (Å²) in [5.41, 5.74) is 5.32. The molecule has 11 heteroatoms. The second kappa shape index (κ2) is 8.36. The summed E-state index contributed by atoms with van der Waals surface area (Å²) in [5, 5.41) is 16.7. The number of hydrogen-bond donors (Lipinski definition) is 2. The molecule has 5 rings (SSSR count).